The second kappa shape index (κ2) is 8.17. The fourth-order valence-corrected chi connectivity index (χ4v) is 3.35. The molecule has 0 unspecified atom stereocenters. The molecular weight excluding hydrogens is 356 g/mol. The third kappa shape index (κ3) is 4.34. The van der Waals surface area contributed by atoms with E-state index >= 15 is 0 Å². The van der Waals surface area contributed by atoms with E-state index in [9.17, 15) is 9.59 Å². The minimum Gasteiger partial charge on any atom is -0.490 e. The van der Waals surface area contributed by atoms with Crippen LogP contribution in [0.4, 0.5) is 5.69 Å². The number of amides is 1. The van der Waals surface area contributed by atoms with E-state index in [1.165, 1.54) is 23.5 Å². The number of carbonyl (C=O) groups is 1. The van der Waals surface area contributed by atoms with Gasteiger partial charge in [0, 0.05) is 18.0 Å². The molecule has 1 saturated carbocycles. The lowest BCUT2D eigenvalue weighted by atomic mass is 10.2. The number of hydrogen-bond donors (Lipinski definition) is 1. The molecule has 1 amide bonds. The summed E-state index contributed by atoms with van der Waals surface area (Å²) >= 11 is 0. The van der Waals surface area contributed by atoms with Crippen LogP contribution in [0.3, 0.4) is 0 Å². The topological polar surface area (TPSA) is 73.5 Å². The van der Waals surface area contributed by atoms with Gasteiger partial charge in [0.2, 0.25) is 0 Å². The minimum absolute atomic E-state index is 0.121. The van der Waals surface area contributed by atoms with Gasteiger partial charge in [-0.05, 0) is 68.1 Å². The largest absolute Gasteiger partial charge is 0.490 e. The normalized spacial score (nSPS) is 14.1. The van der Waals surface area contributed by atoms with Gasteiger partial charge < -0.3 is 19.0 Å². The van der Waals surface area contributed by atoms with Gasteiger partial charge in [-0.15, -0.1) is 0 Å². The number of carbonyl (C=O) groups excluding carboxylic acids is 1. The first kappa shape index (κ1) is 18.1. The van der Waals surface area contributed by atoms with E-state index in [4.69, 9.17) is 9.15 Å². The molecule has 2 aromatic heterocycles. The van der Waals surface area contributed by atoms with Gasteiger partial charge in [0.15, 0.2) is 5.76 Å². The molecule has 1 aliphatic rings. The molecule has 0 radical (unpaired) electrons. The van der Waals surface area contributed by atoms with E-state index < -0.39 is 0 Å². The van der Waals surface area contributed by atoms with Crippen molar-refractivity contribution in [2.24, 2.45) is 0 Å². The lowest BCUT2D eigenvalue weighted by molar-refractivity contribution is 0.0994. The highest BCUT2D eigenvalue weighted by atomic mass is 16.5. The highest BCUT2D eigenvalue weighted by Crippen LogP contribution is 2.25. The zero-order chi connectivity index (χ0) is 19.3. The van der Waals surface area contributed by atoms with Crippen molar-refractivity contribution in [1.29, 1.82) is 0 Å². The second-order valence-corrected chi connectivity index (χ2v) is 6.94. The zero-order valence-electron chi connectivity index (χ0n) is 15.5. The quantitative estimate of drug-likeness (QED) is 0.702. The number of hydrogen-bond acceptors (Lipinski definition) is 4. The standard InChI is InChI=1S/C22H22N2O4/c25-21-7-3-4-14-24(21)15-19-12-13-20(28-19)22(26)23-16-8-10-18(11-9-16)27-17-5-1-2-6-17/h3-4,7-14,17H,1-2,5-6,15H2,(H,23,26). The monoisotopic (exact) mass is 378 g/mol. The maximum atomic E-state index is 12.4. The number of ether oxygens (including phenoxy) is 1. The molecule has 0 saturated heterocycles. The Morgan fingerprint density at radius 1 is 1.07 bits per heavy atom. The van der Waals surface area contributed by atoms with Crippen molar-refractivity contribution in [1.82, 2.24) is 4.57 Å². The Kier molecular flexibility index (Phi) is 5.28. The van der Waals surface area contributed by atoms with Crippen LogP contribution in [0.15, 0.2) is 70.0 Å². The first-order valence-electron chi connectivity index (χ1n) is 9.50. The van der Waals surface area contributed by atoms with Crippen molar-refractivity contribution in [3.63, 3.8) is 0 Å². The van der Waals surface area contributed by atoms with Gasteiger partial charge in [0.05, 0.1) is 12.6 Å². The minimum atomic E-state index is -0.337. The highest BCUT2D eigenvalue weighted by molar-refractivity contribution is 6.02. The van der Waals surface area contributed by atoms with E-state index in [1.807, 2.05) is 24.3 Å². The van der Waals surface area contributed by atoms with Crippen LogP contribution in [0, 0.1) is 0 Å². The van der Waals surface area contributed by atoms with Crippen LogP contribution >= 0.6 is 0 Å². The molecule has 3 aromatic rings. The molecule has 1 aromatic carbocycles. The van der Waals surface area contributed by atoms with Crippen molar-refractivity contribution in [2.75, 3.05) is 5.32 Å². The number of furan rings is 1. The summed E-state index contributed by atoms with van der Waals surface area (Å²) in [6, 6.07) is 15.6. The highest BCUT2D eigenvalue weighted by Gasteiger charge is 2.16. The summed E-state index contributed by atoms with van der Waals surface area (Å²) in [5.74, 6) is 1.22. The van der Waals surface area contributed by atoms with Gasteiger partial charge in [-0.25, -0.2) is 0 Å². The summed E-state index contributed by atoms with van der Waals surface area (Å²) in [6.07, 6.45) is 6.65. The molecule has 2 heterocycles. The number of anilines is 1. The summed E-state index contributed by atoms with van der Waals surface area (Å²) in [7, 11) is 0. The van der Waals surface area contributed by atoms with Crippen LogP contribution in [0.1, 0.15) is 42.0 Å². The molecule has 4 rings (SSSR count). The Labute approximate surface area is 162 Å². The van der Waals surface area contributed by atoms with Crippen molar-refractivity contribution < 1.29 is 13.9 Å². The number of benzene rings is 1. The molecule has 1 aliphatic carbocycles. The summed E-state index contributed by atoms with van der Waals surface area (Å²) in [5, 5.41) is 2.81. The first-order valence-corrected chi connectivity index (χ1v) is 9.50. The van der Waals surface area contributed by atoms with E-state index in [2.05, 4.69) is 5.32 Å². The average molecular weight is 378 g/mol. The number of nitrogens with one attached hydrogen (secondary N) is 1. The first-order chi connectivity index (χ1) is 13.7. The predicted molar refractivity (Wildman–Crippen MR) is 106 cm³/mol. The Bertz CT molecular complexity index is 998. The molecular formula is C22H22N2O4. The van der Waals surface area contributed by atoms with Crippen molar-refractivity contribution >= 4 is 11.6 Å². The molecule has 0 atom stereocenters. The smallest absolute Gasteiger partial charge is 0.291 e. The van der Waals surface area contributed by atoms with E-state index in [-0.39, 0.29) is 23.8 Å². The fraction of sp³-hybridized carbons (Fsp3) is 0.273. The summed E-state index contributed by atoms with van der Waals surface area (Å²) in [6.45, 7) is 0.278. The molecule has 6 nitrogen and oxygen atoms in total. The number of rotatable bonds is 6. The third-order valence-electron chi connectivity index (χ3n) is 4.83. The van der Waals surface area contributed by atoms with Crippen molar-refractivity contribution in [2.45, 2.75) is 38.3 Å². The molecule has 0 aliphatic heterocycles. The number of pyridine rings is 1. The van der Waals surface area contributed by atoms with Crippen LogP contribution in [0.2, 0.25) is 0 Å². The van der Waals surface area contributed by atoms with Gasteiger partial charge in [-0.2, -0.15) is 0 Å². The molecule has 6 heteroatoms. The Balaban J connectivity index is 1.36. The van der Waals surface area contributed by atoms with E-state index in [1.54, 1.807) is 30.5 Å². The lowest BCUT2D eigenvalue weighted by Gasteiger charge is -2.13. The lowest BCUT2D eigenvalue weighted by Crippen LogP contribution is -2.18. The summed E-state index contributed by atoms with van der Waals surface area (Å²) in [4.78, 5) is 24.2. The maximum Gasteiger partial charge on any atom is 0.291 e. The van der Waals surface area contributed by atoms with Gasteiger partial charge in [0.1, 0.15) is 11.5 Å². The third-order valence-corrected chi connectivity index (χ3v) is 4.83. The Morgan fingerprint density at radius 2 is 1.86 bits per heavy atom. The molecule has 28 heavy (non-hydrogen) atoms. The van der Waals surface area contributed by atoms with Gasteiger partial charge in [-0.3, -0.25) is 9.59 Å². The van der Waals surface area contributed by atoms with Crippen molar-refractivity contribution in [3.8, 4) is 5.75 Å². The molecule has 0 spiro atoms. The summed E-state index contributed by atoms with van der Waals surface area (Å²) in [5.41, 5.74) is 0.547. The summed E-state index contributed by atoms with van der Waals surface area (Å²) < 4.78 is 13.0. The number of nitrogens with zero attached hydrogens (tertiary/aromatic N) is 1. The number of aromatic nitrogens is 1. The van der Waals surface area contributed by atoms with Crippen LogP contribution in [0.5, 0.6) is 5.75 Å². The van der Waals surface area contributed by atoms with Crippen LogP contribution in [-0.2, 0) is 6.54 Å². The van der Waals surface area contributed by atoms with Crippen molar-refractivity contribution in [3.05, 3.63) is 82.7 Å². The second-order valence-electron chi connectivity index (χ2n) is 6.94. The van der Waals surface area contributed by atoms with Gasteiger partial charge in [0.25, 0.3) is 11.5 Å². The van der Waals surface area contributed by atoms with Crippen LogP contribution in [-0.4, -0.2) is 16.6 Å². The predicted octanol–water partition coefficient (Wildman–Crippen LogP) is 4.06. The molecule has 0 bridgehead atoms. The fourth-order valence-electron chi connectivity index (χ4n) is 3.35. The van der Waals surface area contributed by atoms with Crippen LogP contribution < -0.4 is 15.6 Å². The SMILES string of the molecule is O=C(Nc1ccc(OC2CCCC2)cc1)c1ccc(Cn2ccccc2=O)o1. The molecule has 144 valence electrons. The van der Waals surface area contributed by atoms with E-state index in [0.29, 0.717) is 17.6 Å². The Morgan fingerprint density at radius 3 is 2.61 bits per heavy atom. The van der Waals surface area contributed by atoms with Gasteiger partial charge in [-0.1, -0.05) is 6.07 Å². The zero-order valence-corrected chi connectivity index (χ0v) is 15.5. The van der Waals surface area contributed by atoms with Gasteiger partial charge >= 0.3 is 0 Å². The van der Waals surface area contributed by atoms with Crippen LogP contribution in [0.25, 0.3) is 0 Å². The van der Waals surface area contributed by atoms with E-state index in [0.717, 1.165) is 18.6 Å². The molecule has 1 N–H and O–H groups in total. The molecule has 1 fully saturated rings. The Hall–Kier alpha value is -3.28. The maximum absolute atomic E-state index is 12.4. The average Bonchev–Trinajstić information content (AvgIpc) is 3.37.